The van der Waals surface area contributed by atoms with Crippen LogP contribution < -0.4 is 5.32 Å². The van der Waals surface area contributed by atoms with Crippen molar-refractivity contribution >= 4 is 51.4 Å². The maximum absolute atomic E-state index is 13.6. The minimum atomic E-state index is -4.02. The van der Waals surface area contributed by atoms with Crippen LogP contribution in [0.3, 0.4) is 0 Å². The van der Waals surface area contributed by atoms with E-state index >= 15 is 0 Å². The largest absolute Gasteiger partial charge is 0.448 e. The molecule has 10 nitrogen and oxygen atoms in total. The van der Waals surface area contributed by atoms with E-state index in [-0.39, 0.29) is 23.0 Å². The number of nitrogens with one attached hydrogen (secondary N) is 1. The third kappa shape index (κ3) is 6.83. The Morgan fingerprint density at radius 1 is 1.18 bits per heavy atom. The lowest BCUT2D eigenvalue weighted by Crippen LogP contribution is -2.70. The molecule has 39 heavy (non-hydrogen) atoms. The van der Waals surface area contributed by atoms with Crippen LogP contribution in [-0.4, -0.2) is 60.3 Å². The van der Waals surface area contributed by atoms with E-state index in [9.17, 15) is 22.8 Å². The van der Waals surface area contributed by atoms with Crippen LogP contribution in [0.4, 0.5) is 0 Å². The van der Waals surface area contributed by atoms with E-state index in [4.69, 9.17) is 14.2 Å². The average molecular weight is 586 g/mol. The fourth-order valence-corrected chi connectivity index (χ4v) is 6.31. The van der Waals surface area contributed by atoms with E-state index in [1.807, 2.05) is 18.2 Å². The lowest BCUT2D eigenvalue weighted by atomic mass is 10.0. The number of carbonyl (C=O) groups is 3. The summed E-state index contributed by atoms with van der Waals surface area (Å²) in [6.45, 7) is 0. The van der Waals surface area contributed by atoms with Crippen molar-refractivity contribution in [1.29, 1.82) is 5.26 Å². The second-order valence-electron chi connectivity index (χ2n) is 8.36. The Morgan fingerprint density at radius 2 is 1.79 bits per heavy atom. The van der Waals surface area contributed by atoms with Gasteiger partial charge in [0.25, 0.3) is 5.91 Å². The number of ether oxygens (including phenoxy) is 1. The van der Waals surface area contributed by atoms with Gasteiger partial charge in [-0.25, -0.2) is 4.79 Å². The summed E-state index contributed by atoms with van der Waals surface area (Å²) in [6, 6.07) is 18.9. The summed E-state index contributed by atoms with van der Waals surface area (Å²) >= 11 is 2.24. The van der Waals surface area contributed by atoms with Crippen LogP contribution in [0.5, 0.6) is 0 Å². The number of hydrogen-bond acceptors (Lipinski definition) is 10. The normalized spacial score (nSPS) is 18.8. The molecule has 2 amide bonds. The van der Waals surface area contributed by atoms with Crippen LogP contribution in [-0.2, 0) is 33.4 Å². The first-order valence-electron chi connectivity index (χ1n) is 11.5. The van der Waals surface area contributed by atoms with E-state index in [1.54, 1.807) is 48.5 Å². The van der Waals surface area contributed by atoms with E-state index in [0.717, 1.165) is 34.7 Å². The minimum absolute atomic E-state index is 0.0116. The smallest absolute Gasteiger partial charge is 0.359 e. The van der Waals surface area contributed by atoms with Crippen molar-refractivity contribution < 1.29 is 31.7 Å². The Bertz CT molecular complexity index is 1420. The molecular formula is C26H23N3O7S3. The van der Waals surface area contributed by atoms with Crippen molar-refractivity contribution in [2.45, 2.75) is 17.5 Å². The molecule has 0 spiro atoms. The lowest BCUT2D eigenvalue weighted by molar-refractivity contribution is -0.155. The molecule has 2 atom stereocenters. The Hall–Kier alpha value is -3.73. The van der Waals surface area contributed by atoms with Crippen molar-refractivity contribution in [2.75, 3.05) is 17.8 Å². The molecular weight excluding hydrogens is 563 g/mol. The van der Waals surface area contributed by atoms with Gasteiger partial charge in [0.15, 0.2) is 17.6 Å². The molecule has 0 aliphatic carbocycles. The summed E-state index contributed by atoms with van der Waals surface area (Å²) in [4.78, 5) is 40.2. The summed E-state index contributed by atoms with van der Waals surface area (Å²) in [7, 11) is -4.02. The fraction of sp³-hybridized carbons (Fsp3) is 0.231. The number of nitrogens with zero attached hydrogens (tertiary/aromatic N) is 2. The number of amides is 2. The van der Waals surface area contributed by atoms with Crippen molar-refractivity contribution in [1.82, 2.24) is 10.2 Å². The molecule has 1 fully saturated rings. The van der Waals surface area contributed by atoms with Gasteiger partial charge in [-0.3, -0.25) is 14.5 Å². The SMILES string of the molecule is CS(=O)(=O)OC1=C(C(=O)OC(c2ccccc2)c2ccccc2)N2C(=O)[C@@H](NC(=O)CS/C=C\C#N)[C@H]2SC1. The Kier molecular flexibility index (Phi) is 9.01. The zero-order chi connectivity index (χ0) is 28.0. The van der Waals surface area contributed by atoms with Gasteiger partial charge in [0.1, 0.15) is 11.4 Å². The lowest BCUT2D eigenvalue weighted by Gasteiger charge is -2.49. The maximum atomic E-state index is 13.6. The number of hydrogen-bond donors (Lipinski definition) is 1. The topological polar surface area (TPSA) is 143 Å². The van der Waals surface area contributed by atoms with E-state index < -0.39 is 45.4 Å². The molecule has 0 unspecified atom stereocenters. The van der Waals surface area contributed by atoms with Gasteiger partial charge in [-0.1, -0.05) is 60.7 Å². The van der Waals surface area contributed by atoms with Gasteiger partial charge >= 0.3 is 16.1 Å². The van der Waals surface area contributed by atoms with Crippen LogP contribution in [0, 0.1) is 11.3 Å². The Morgan fingerprint density at radius 3 is 2.36 bits per heavy atom. The van der Waals surface area contributed by atoms with Gasteiger partial charge in [-0.2, -0.15) is 13.7 Å². The van der Waals surface area contributed by atoms with Crippen molar-refractivity contribution in [3.8, 4) is 6.07 Å². The first kappa shape index (κ1) is 28.3. The minimum Gasteiger partial charge on any atom is -0.448 e. The van der Waals surface area contributed by atoms with Gasteiger partial charge in [0.05, 0.1) is 23.8 Å². The molecule has 0 aromatic heterocycles. The quantitative estimate of drug-likeness (QED) is 0.191. The Labute approximate surface area is 234 Å². The standard InChI is InChI=1S/C26H23N3O7S3/c1-39(33,34)36-19-15-38-25-21(28-20(30)16-37-14-8-13-27)24(31)29(25)22(19)26(32)35-23(17-9-4-2-5-10-17)18-11-6-3-7-12-18/h2-12,14,21,23,25H,15-16H2,1H3,(H,28,30)/b14-8-/t21-,25-/m1/s1. The van der Waals surface area contributed by atoms with Gasteiger partial charge in [0, 0.05) is 6.08 Å². The van der Waals surface area contributed by atoms with Crippen LogP contribution in [0.1, 0.15) is 17.2 Å². The summed E-state index contributed by atoms with van der Waals surface area (Å²) in [5.41, 5.74) is 1.03. The van der Waals surface area contributed by atoms with E-state index in [2.05, 4.69) is 5.32 Å². The summed E-state index contributed by atoms with van der Waals surface area (Å²) in [6.07, 6.45) is 1.23. The molecule has 4 rings (SSSR count). The highest BCUT2D eigenvalue weighted by atomic mass is 32.2. The van der Waals surface area contributed by atoms with E-state index in [0.29, 0.717) is 11.1 Å². The van der Waals surface area contributed by atoms with Gasteiger partial charge < -0.3 is 14.2 Å². The molecule has 2 heterocycles. The van der Waals surface area contributed by atoms with Crippen LogP contribution in [0.15, 0.2) is 83.6 Å². The number of β-lactam (4-membered cyclic amide) rings is 1. The summed E-state index contributed by atoms with van der Waals surface area (Å²) in [5.74, 6) is -2.25. The molecule has 1 N–H and O–H groups in total. The number of esters is 1. The molecule has 2 aromatic rings. The highest BCUT2D eigenvalue weighted by Gasteiger charge is 2.55. The summed E-state index contributed by atoms with van der Waals surface area (Å²) < 4.78 is 35.0. The second-order valence-corrected chi connectivity index (χ2v) is 11.9. The number of allylic oxidation sites excluding steroid dienone is 1. The number of carbonyl (C=O) groups excluding carboxylic acids is 3. The zero-order valence-electron chi connectivity index (χ0n) is 20.6. The van der Waals surface area contributed by atoms with Crippen LogP contribution in [0.2, 0.25) is 0 Å². The van der Waals surface area contributed by atoms with Gasteiger partial charge in [-0.05, 0) is 16.5 Å². The Balaban J connectivity index is 1.60. The maximum Gasteiger partial charge on any atom is 0.359 e. The molecule has 2 aliphatic heterocycles. The number of fused-ring (bicyclic) bond motifs is 1. The monoisotopic (exact) mass is 585 g/mol. The number of rotatable bonds is 10. The van der Waals surface area contributed by atoms with Gasteiger partial charge in [0.2, 0.25) is 5.91 Å². The van der Waals surface area contributed by atoms with Crippen LogP contribution >= 0.6 is 23.5 Å². The molecule has 2 aliphatic rings. The predicted octanol–water partition coefficient (Wildman–Crippen LogP) is 2.68. The average Bonchev–Trinajstić information content (AvgIpc) is 2.92. The first-order chi connectivity index (χ1) is 18.7. The van der Waals surface area contributed by atoms with E-state index in [1.165, 1.54) is 11.5 Å². The molecule has 0 bridgehead atoms. The molecule has 2 aromatic carbocycles. The van der Waals surface area contributed by atoms with Crippen LogP contribution in [0.25, 0.3) is 0 Å². The van der Waals surface area contributed by atoms with Crippen molar-refractivity contribution in [3.63, 3.8) is 0 Å². The van der Waals surface area contributed by atoms with Crippen molar-refractivity contribution in [2.24, 2.45) is 0 Å². The summed E-state index contributed by atoms with van der Waals surface area (Å²) in [5, 5.41) is 12.0. The number of thioether (sulfide) groups is 2. The van der Waals surface area contributed by atoms with Crippen molar-refractivity contribution in [3.05, 3.63) is 94.7 Å². The first-order valence-corrected chi connectivity index (χ1v) is 15.4. The van der Waals surface area contributed by atoms with Gasteiger partial charge in [-0.15, -0.1) is 23.5 Å². The molecule has 13 heteroatoms. The molecule has 1 saturated heterocycles. The fourth-order valence-electron chi connectivity index (χ4n) is 3.99. The molecule has 0 radical (unpaired) electrons. The highest BCUT2D eigenvalue weighted by molar-refractivity contribution is 8.02. The third-order valence-corrected chi connectivity index (χ3v) is 8.09. The molecule has 0 saturated carbocycles. The number of benzene rings is 2. The number of nitriles is 1. The second kappa shape index (κ2) is 12.4. The molecule has 202 valence electrons. The predicted molar refractivity (Wildman–Crippen MR) is 146 cm³/mol. The highest BCUT2D eigenvalue weighted by Crippen LogP contribution is 2.42. The third-order valence-electron chi connectivity index (χ3n) is 5.58. The zero-order valence-corrected chi connectivity index (χ0v) is 23.0.